The number of hydrogen-bond acceptors (Lipinski definition) is 3. The maximum Gasteiger partial charge on any atom is 0.341 e. The van der Waals surface area contributed by atoms with Crippen molar-refractivity contribution in [1.82, 2.24) is 0 Å². The number of carbonyl (C=O) groups is 3. The Hall–Kier alpha value is -2.65. The molecule has 1 rings (SSSR count). The van der Waals surface area contributed by atoms with E-state index in [1.807, 2.05) is 0 Å². The third-order valence-corrected chi connectivity index (χ3v) is 1.69. The van der Waals surface area contributed by atoms with Gasteiger partial charge in [0.15, 0.2) is 23.3 Å². The fourth-order valence-corrected chi connectivity index (χ4v) is 1.01. The van der Waals surface area contributed by atoms with Crippen molar-refractivity contribution in [2.75, 3.05) is 0 Å². The van der Waals surface area contributed by atoms with Gasteiger partial charge in [-0.25, -0.2) is 27.2 Å². The molecule has 0 radical (unpaired) electrons. The SMILES string of the molecule is CC(=O)O.O=C(O)c1c(F)c(F)c(C(=O)O)c(F)c1F. The molecular formula is C10H6F4O6. The van der Waals surface area contributed by atoms with E-state index in [0.717, 1.165) is 6.92 Å². The highest BCUT2D eigenvalue weighted by atomic mass is 19.2. The Labute approximate surface area is 107 Å². The molecule has 0 aliphatic heterocycles. The maximum atomic E-state index is 12.9. The first-order valence-corrected chi connectivity index (χ1v) is 4.54. The molecule has 0 atom stereocenters. The number of aliphatic carboxylic acids is 1. The third-order valence-electron chi connectivity index (χ3n) is 1.69. The zero-order chi connectivity index (χ0) is 16.2. The van der Waals surface area contributed by atoms with Gasteiger partial charge in [0.1, 0.15) is 11.1 Å². The van der Waals surface area contributed by atoms with Crippen molar-refractivity contribution in [3.63, 3.8) is 0 Å². The molecule has 0 spiro atoms. The van der Waals surface area contributed by atoms with Crippen LogP contribution in [-0.4, -0.2) is 33.2 Å². The molecule has 0 amide bonds. The van der Waals surface area contributed by atoms with Crippen molar-refractivity contribution in [2.45, 2.75) is 6.92 Å². The van der Waals surface area contributed by atoms with Crippen molar-refractivity contribution in [3.05, 3.63) is 34.4 Å². The number of halogens is 4. The molecule has 1 aromatic rings. The van der Waals surface area contributed by atoms with Crippen LogP contribution < -0.4 is 0 Å². The third kappa shape index (κ3) is 3.67. The molecule has 0 unspecified atom stereocenters. The predicted octanol–water partition coefficient (Wildman–Crippen LogP) is 1.73. The van der Waals surface area contributed by atoms with E-state index in [1.54, 1.807) is 0 Å². The van der Waals surface area contributed by atoms with Crippen LogP contribution in [0.15, 0.2) is 0 Å². The van der Waals surface area contributed by atoms with E-state index in [0.29, 0.717) is 0 Å². The largest absolute Gasteiger partial charge is 0.481 e. The normalized spacial score (nSPS) is 9.45. The minimum absolute atomic E-state index is 0.833. The first-order chi connectivity index (χ1) is 9.02. The van der Waals surface area contributed by atoms with Crippen LogP contribution in [0.3, 0.4) is 0 Å². The lowest BCUT2D eigenvalue weighted by molar-refractivity contribution is -0.134. The summed E-state index contributed by atoms with van der Waals surface area (Å²) in [5, 5.41) is 23.9. The molecule has 10 heteroatoms. The first kappa shape index (κ1) is 17.4. The summed E-state index contributed by atoms with van der Waals surface area (Å²) in [6, 6.07) is 0. The average molecular weight is 298 g/mol. The summed E-state index contributed by atoms with van der Waals surface area (Å²) in [5.74, 6) is -14.4. The molecule has 0 aliphatic carbocycles. The summed E-state index contributed by atoms with van der Waals surface area (Å²) >= 11 is 0. The smallest absolute Gasteiger partial charge is 0.341 e. The molecule has 0 saturated carbocycles. The second kappa shape index (κ2) is 6.50. The van der Waals surface area contributed by atoms with Gasteiger partial charge in [0.25, 0.3) is 5.97 Å². The minimum atomic E-state index is -2.26. The fraction of sp³-hybridized carbons (Fsp3) is 0.100. The van der Waals surface area contributed by atoms with E-state index < -0.39 is 52.3 Å². The van der Waals surface area contributed by atoms with Crippen molar-refractivity contribution < 1.29 is 47.3 Å². The van der Waals surface area contributed by atoms with Crippen LogP contribution >= 0.6 is 0 Å². The molecule has 0 saturated heterocycles. The summed E-state index contributed by atoms with van der Waals surface area (Å²) < 4.78 is 51.6. The molecule has 20 heavy (non-hydrogen) atoms. The van der Waals surface area contributed by atoms with Crippen LogP contribution in [-0.2, 0) is 4.79 Å². The Kier molecular flexibility index (Phi) is 5.64. The van der Waals surface area contributed by atoms with Gasteiger partial charge in [-0.05, 0) is 0 Å². The van der Waals surface area contributed by atoms with Gasteiger partial charge in [0.05, 0.1) is 0 Å². The molecule has 0 aromatic heterocycles. The topological polar surface area (TPSA) is 112 Å². The molecule has 110 valence electrons. The fourth-order valence-electron chi connectivity index (χ4n) is 1.01. The van der Waals surface area contributed by atoms with Crippen molar-refractivity contribution in [3.8, 4) is 0 Å². The van der Waals surface area contributed by atoms with E-state index in [4.69, 9.17) is 20.1 Å². The summed E-state index contributed by atoms with van der Waals surface area (Å²) in [4.78, 5) is 29.5. The molecule has 0 bridgehead atoms. The van der Waals surface area contributed by atoms with E-state index >= 15 is 0 Å². The Balaban J connectivity index is 0.000000796. The summed E-state index contributed by atoms with van der Waals surface area (Å²) in [6.07, 6.45) is 0. The van der Waals surface area contributed by atoms with Gasteiger partial charge in [-0.3, -0.25) is 4.79 Å². The molecule has 0 heterocycles. The second-order valence-electron chi connectivity index (χ2n) is 3.14. The van der Waals surface area contributed by atoms with Crippen LogP contribution in [0.25, 0.3) is 0 Å². The Morgan fingerprint density at radius 3 is 0.950 bits per heavy atom. The number of rotatable bonds is 2. The van der Waals surface area contributed by atoms with Gasteiger partial charge in [0, 0.05) is 6.92 Å². The van der Waals surface area contributed by atoms with E-state index in [-0.39, 0.29) is 0 Å². The lowest BCUT2D eigenvalue weighted by atomic mass is 10.1. The molecular weight excluding hydrogens is 292 g/mol. The van der Waals surface area contributed by atoms with E-state index in [1.165, 1.54) is 0 Å². The highest BCUT2D eigenvalue weighted by Crippen LogP contribution is 2.24. The van der Waals surface area contributed by atoms with E-state index in [9.17, 15) is 27.2 Å². The molecule has 0 aliphatic rings. The van der Waals surface area contributed by atoms with Crippen molar-refractivity contribution >= 4 is 17.9 Å². The molecule has 3 N–H and O–H groups in total. The highest BCUT2D eigenvalue weighted by Gasteiger charge is 2.32. The van der Waals surface area contributed by atoms with Gasteiger partial charge >= 0.3 is 11.9 Å². The lowest BCUT2D eigenvalue weighted by Crippen LogP contribution is -2.15. The van der Waals surface area contributed by atoms with Gasteiger partial charge in [-0.15, -0.1) is 0 Å². The molecule has 1 aromatic carbocycles. The van der Waals surface area contributed by atoms with Crippen LogP contribution in [0.2, 0.25) is 0 Å². The highest BCUT2D eigenvalue weighted by molar-refractivity contribution is 5.92. The number of aromatic carboxylic acids is 2. The summed E-state index contributed by atoms with van der Waals surface area (Å²) in [5.41, 5.74) is -3.75. The number of hydrogen-bond donors (Lipinski definition) is 3. The van der Waals surface area contributed by atoms with Gasteiger partial charge in [-0.2, -0.15) is 0 Å². The number of carboxylic acids is 3. The zero-order valence-corrected chi connectivity index (χ0v) is 9.58. The Bertz CT molecular complexity index is 506. The molecule has 0 fully saturated rings. The first-order valence-electron chi connectivity index (χ1n) is 4.54. The monoisotopic (exact) mass is 298 g/mol. The van der Waals surface area contributed by atoms with Crippen LogP contribution in [0.1, 0.15) is 27.6 Å². The van der Waals surface area contributed by atoms with E-state index in [2.05, 4.69) is 0 Å². The van der Waals surface area contributed by atoms with Crippen molar-refractivity contribution in [2.24, 2.45) is 0 Å². The van der Waals surface area contributed by atoms with Crippen molar-refractivity contribution in [1.29, 1.82) is 0 Å². The standard InChI is InChI=1S/C8H2F4O4.C2H4O2/c9-3-1(7(13)14)4(10)6(12)2(5(3)11)8(15)16;1-2(3)4/h(H,13,14)(H,15,16);1H3,(H,3,4). The molecule has 6 nitrogen and oxygen atoms in total. The average Bonchev–Trinajstić information content (AvgIpc) is 2.25. The second-order valence-corrected chi connectivity index (χ2v) is 3.14. The van der Waals surface area contributed by atoms with Crippen LogP contribution in [0, 0.1) is 23.3 Å². The van der Waals surface area contributed by atoms with Gasteiger partial charge < -0.3 is 15.3 Å². The summed E-state index contributed by atoms with van der Waals surface area (Å²) in [7, 11) is 0. The lowest BCUT2D eigenvalue weighted by Gasteiger charge is -2.05. The Morgan fingerprint density at radius 1 is 0.700 bits per heavy atom. The maximum absolute atomic E-state index is 12.9. The van der Waals surface area contributed by atoms with Gasteiger partial charge in [-0.1, -0.05) is 0 Å². The summed E-state index contributed by atoms with van der Waals surface area (Å²) in [6.45, 7) is 1.08. The quantitative estimate of drug-likeness (QED) is 0.566. The van der Waals surface area contributed by atoms with Crippen LogP contribution in [0.4, 0.5) is 17.6 Å². The number of benzene rings is 1. The predicted molar refractivity (Wildman–Crippen MR) is 53.5 cm³/mol. The minimum Gasteiger partial charge on any atom is -0.481 e. The van der Waals surface area contributed by atoms with Crippen LogP contribution in [0.5, 0.6) is 0 Å². The Morgan fingerprint density at radius 2 is 0.850 bits per heavy atom. The zero-order valence-electron chi connectivity index (χ0n) is 9.58. The van der Waals surface area contributed by atoms with Gasteiger partial charge in [0.2, 0.25) is 0 Å². The number of carboxylic acid groups (broad SMARTS) is 3.